The number of ether oxygens (including phenoxy) is 2. The number of rotatable bonds is 5. The molecular formula is C25H24N2O3. The Morgan fingerprint density at radius 3 is 2.47 bits per heavy atom. The van der Waals surface area contributed by atoms with Crippen LogP contribution in [0, 0.1) is 0 Å². The van der Waals surface area contributed by atoms with Crippen molar-refractivity contribution in [1.29, 1.82) is 0 Å². The standard InChI is InChI=1S/C25H24N2O3/c1-29-21-10-6-18(7-11-21)17-30-22-12-8-20(9-13-22)25(28)16-19-4-2-3-5-23(19)24-26-14-15-27(24)25/h2-13,28H,14-17H2,1H3. The molecule has 0 radical (unpaired) electrons. The van der Waals surface area contributed by atoms with Crippen molar-refractivity contribution in [1.82, 2.24) is 4.90 Å². The molecule has 5 heteroatoms. The monoisotopic (exact) mass is 400 g/mol. The molecule has 30 heavy (non-hydrogen) atoms. The Morgan fingerprint density at radius 1 is 0.967 bits per heavy atom. The summed E-state index contributed by atoms with van der Waals surface area (Å²) >= 11 is 0. The minimum atomic E-state index is -1.10. The molecule has 0 saturated heterocycles. The van der Waals surface area contributed by atoms with Gasteiger partial charge in [-0.15, -0.1) is 0 Å². The van der Waals surface area contributed by atoms with Gasteiger partial charge in [0.2, 0.25) is 0 Å². The highest BCUT2D eigenvalue weighted by atomic mass is 16.5. The zero-order valence-corrected chi connectivity index (χ0v) is 16.9. The van der Waals surface area contributed by atoms with Crippen LogP contribution < -0.4 is 9.47 Å². The Kier molecular flexibility index (Phi) is 4.68. The van der Waals surface area contributed by atoms with E-state index in [0.717, 1.165) is 46.1 Å². The molecule has 5 nitrogen and oxygen atoms in total. The number of nitrogens with zero attached hydrogens (tertiary/aromatic N) is 2. The minimum absolute atomic E-state index is 0.476. The Balaban J connectivity index is 1.35. The summed E-state index contributed by atoms with van der Waals surface area (Å²) in [6.45, 7) is 1.90. The van der Waals surface area contributed by atoms with Gasteiger partial charge in [0.05, 0.1) is 13.7 Å². The van der Waals surface area contributed by atoms with E-state index >= 15 is 0 Å². The lowest BCUT2D eigenvalue weighted by Gasteiger charge is -2.43. The van der Waals surface area contributed by atoms with E-state index in [-0.39, 0.29) is 0 Å². The van der Waals surface area contributed by atoms with Gasteiger partial charge in [-0.25, -0.2) is 0 Å². The third-order valence-corrected chi connectivity index (χ3v) is 5.86. The van der Waals surface area contributed by atoms with Gasteiger partial charge >= 0.3 is 0 Å². The van der Waals surface area contributed by atoms with Gasteiger partial charge in [-0.2, -0.15) is 0 Å². The van der Waals surface area contributed by atoms with Gasteiger partial charge < -0.3 is 19.5 Å². The summed E-state index contributed by atoms with van der Waals surface area (Å²) in [6, 6.07) is 23.8. The van der Waals surface area contributed by atoms with Crippen molar-refractivity contribution in [2.45, 2.75) is 18.8 Å². The van der Waals surface area contributed by atoms with Gasteiger partial charge in [0.1, 0.15) is 23.9 Å². The van der Waals surface area contributed by atoms with Gasteiger partial charge in [0, 0.05) is 24.1 Å². The molecule has 0 spiro atoms. The van der Waals surface area contributed by atoms with Gasteiger partial charge in [-0.3, -0.25) is 4.99 Å². The average Bonchev–Trinajstić information content (AvgIpc) is 3.30. The van der Waals surface area contributed by atoms with Crippen LogP contribution >= 0.6 is 0 Å². The van der Waals surface area contributed by atoms with E-state index in [1.54, 1.807) is 7.11 Å². The molecule has 5 rings (SSSR count). The fraction of sp³-hybridized carbons (Fsp3) is 0.240. The fourth-order valence-electron chi connectivity index (χ4n) is 4.26. The number of methoxy groups -OCH3 is 1. The molecule has 1 unspecified atom stereocenters. The Morgan fingerprint density at radius 2 is 1.70 bits per heavy atom. The van der Waals surface area contributed by atoms with Crippen molar-refractivity contribution in [3.05, 3.63) is 95.1 Å². The van der Waals surface area contributed by atoms with Crippen LogP contribution in [-0.2, 0) is 18.8 Å². The quantitative estimate of drug-likeness (QED) is 0.709. The van der Waals surface area contributed by atoms with Gasteiger partial charge in [-0.1, -0.05) is 48.5 Å². The first-order valence-electron chi connectivity index (χ1n) is 10.2. The molecule has 0 aromatic heterocycles. The molecule has 1 N–H and O–H groups in total. The maximum absolute atomic E-state index is 11.7. The van der Waals surface area contributed by atoms with E-state index in [2.05, 4.69) is 17.1 Å². The molecule has 1 atom stereocenters. The van der Waals surface area contributed by atoms with Crippen LogP contribution in [0.4, 0.5) is 0 Å². The number of benzene rings is 3. The molecule has 0 bridgehead atoms. The molecule has 0 aliphatic carbocycles. The zero-order chi connectivity index (χ0) is 20.6. The zero-order valence-electron chi connectivity index (χ0n) is 16.9. The SMILES string of the molecule is COc1ccc(COc2ccc(C3(O)Cc4ccccc4C4=NCCN43)cc2)cc1. The van der Waals surface area contributed by atoms with Crippen molar-refractivity contribution in [2.75, 3.05) is 20.2 Å². The van der Waals surface area contributed by atoms with E-state index in [4.69, 9.17) is 9.47 Å². The third-order valence-electron chi connectivity index (χ3n) is 5.86. The fourth-order valence-corrected chi connectivity index (χ4v) is 4.26. The van der Waals surface area contributed by atoms with Gasteiger partial charge in [-0.05, 0) is 35.4 Å². The minimum Gasteiger partial charge on any atom is -0.497 e. The predicted molar refractivity (Wildman–Crippen MR) is 116 cm³/mol. The van der Waals surface area contributed by atoms with Crippen molar-refractivity contribution in [3.63, 3.8) is 0 Å². The van der Waals surface area contributed by atoms with Crippen molar-refractivity contribution >= 4 is 5.84 Å². The summed E-state index contributed by atoms with van der Waals surface area (Å²) in [5.74, 6) is 2.49. The number of fused-ring (bicyclic) bond motifs is 3. The molecule has 0 saturated carbocycles. The van der Waals surface area contributed by atoms with Crippen LogP contribution in [0.3, 0.4) is 0 Å². The van der Waals surface area contributed by atoms with Crippen LogP contribution in [-0.4, -0.2) is 36.0 Å². The molecular weight excluding hydrogens is 376 g/mol. The predicted octanol–water partition coefficient (Wildman–Crippen LogP) is 3.74. The summed E-state index contributed by atoms with van der Waals surface area (Å²) in [4.78, 5) is 6.69. The largest absolute Gasteiger partial charge is 0.497 e. The highest BCUT2D eigenvalue weighted by Gasteiger charge is 2.44. The lowest BCUT2D eigenvalue weighted by Crippen LogP contribution is -2.53. The molecule has 152 valence electrons. The number of aliphatic imine (C=N–C) groups is 1. The van der Waals surface area contributed by atoms with Crippen molar-refractivity contribution < 1.29 is 14.6 Å². The molecule has 0 amide bonds. The summed E-state index contributed by atoms with van der Waals surface area (Å²) < 4.78 is 11.1. The van der Waals surface area contributed by atoms with Gasteiger partial charge in [0.25, 0.3) is 0 Å². The van der Waals surface area contributed by atoms with E-state index in [1.807, 2.05) is 65.6 Å². The summed E-state index contributed by atoms with van der Waals surface area (Å²) in [6.07, 6.45) is 0.536. The third kappa shape index (κ3) is 3.21. The van der Waals surface area contributed by atoms with E-state index in [1.165, 1.54) is 0 Å². The van der Waals surface area contributed by atoms with Crippen LogP contribution in [0.1, 0.15) is 22.3 Å². The number of hydrogen-bond acceptors (Lipinski definition) is 5. The van der Waals surface area contributed by atoms with Crippen LogP contribution in [0.2, 0.25) is 0 Å². The maximum atomic E-state index is 11.7. The number of hydrogen-bond donors (Lipinski definition) is 1. The second-order valence-corrected chi connectivity index (χ2v) is 7.67. The summed E-state index contributed by atoms with van der Waals surface area (Å²) in [5.41, 5.74) is 3.07. The molecule has 2 heterocycles. The number of amidine groups is 1. The smallest absolute Gasteiger partial charge is 0.169 e. The van der Waals surface area contributed by atoms with Gasteiger partial charge in [0.15, 0.2) is 5.72 Å². The normalized spacial score (nSPS) is 19.7. The van der Waals surface area contributed by atoms with Crippen LogP contribution in [0.15, 0.2) is 77.8 Å². The highest BCUT2D eigenvalue weighted by Crippen LogP contribution is 2.39. The molecule has 3 aromatic carbocycles. The highest BCUT2D eigenvalue weighted by molar-refractivity contribution is 6.02. The Labute approximate surface area is 176 Å². The van der Waals surface area contributed by atoms with Crippen LogP contribution in [0.25, 0.3) is 0 Å². The second-order valence-electron chi connectivity index (χ2n) is 7.67. The first-order valence-corrected chi connectivity index (χ1v) is 10.2. The molecule has 2 aliphatic heterocycles. The first kappa shape index (κ1) is 18.7. The maximum Gasteiger partial charge on any atom is 0.169 e. The lowest BCUT2D eigenvalue weighted by atomic mass is 9.86. The van der Waals surface area contributed by atoms with E-state index < -0.39 is 5.72 Å². The average molecular weight is 400 g/mol. The van der Waals surface area contributed by atoms with Crippen LogP contribution in [0.5, 0.6) is 11.5 Å². The van der Waals surface area contributed by atoms with Crippen molar-refractivity contribution in [2.24, 2.45) is 4.99 Å². The van der Waals surface area contributed by atoms with E-state index in [9.17, 15) is 5.11 Å². The van der Waals surface area contributed by atoms with Crippen molar-refractivity contribution in [3.8, 4) is 11.5 Å². The Bertz CT molecular complexity index is 1080. The molecule has 2 aliphatic rings. The second kappa shape index (κ2) is 7.50. The summed E-state index contributed by atoms with van der Waals surface area (Å²) in [7, 11) is 1.66. The molecule has 3 aromatic rings. The Hall–Kier alpha value is -3.31. The lowest BCUT2D eigenvalue weighted by molar-refractivity contribution is -0.0745. The topological polar surface area (TPSA) is 54.3 Å². The number of aliphatic hydroxyl groups is 1. The summed E-state index contributed by atoms with van der Waals surface area (Å²) in [5, 5.41) is 11.7. The van der Waals surface area contributed by atoms with E-state index in [0.29, 0.717) is 19.6 Å². The molecule has 0 fully saturated rings. The first-order chi connectivity index (χ1) is 14.7.